The molecule has 1 amide bonds. The lowest BCUT2D eigenvalue weighted by atomic mass is 10.2. The van der Waals surface area contributed by atoms with Gasteiger partial charge in [0.05, 0.1) is 6.61 Å². The Hall–Kier alpha value is -1.13. The van der Waals surface area contributed by atoms with E-state index in [2.05, 4.69) is 10.3 Å². The lowest BCUT2D eigenvalue weighted by Crippen LogP contribution is -2.35. The number of pyridine rings is 1. The van der Waals surface area contributed by atoms with E-state index < -0.39 is 0 Å². The summed E-state index contributed by atoms with van der Waals surface area (Å²) in [4.78, 5) is 15.5. The monoisotopic (exact) mass is 242 g/mol. The molecule has 1 N–H and O–H groups in total. The average Bonchev–Trinajstić information content (AvgIpc) is 2.26. The van der Waals surface area contributed by atoms with Crippen molar-refractivity contribution in [2.24, 2.45) is 0 Å². The molecule has 1 aromatic rings. The van der Waals surface area contributed by atoms with Crippen molar-refractivity contribution in [3.05, 3.63) is 29.0 Å². The number of hydrogen-bond donors (Lipinski definition) is 1. The van der Waals surface area contributed by atoms with Gasteiger partial charge in [-0.05, 0) is 26.0 Å². The van der Waals surface area contributed by atoms with Gasteiger partial charge >= 0.3 is 0 Å². The summed E-state index contributed by atoms with van der Waals surface area (Å²) in [6.07, 6.45) is 1.50. The smallest absolute Gasteiger partial charge is 0.251 e. The third-order valence-electron chi connectivity index (χ3n) is 1.94. The van der Waals surface area contributed by atoms with E-state index in [9.17, 15) is 4.79 Å². The van der Waals surface area contributed by atoms with Gasteiger partial charge in [-0.2, -0.15) is 0 Å². The first-order valence-electron chi connectivity index (χ1n) is 5.13. The van der Waals surface area contributed by atoms with Crippen molar-refractivity contribution in [1.82, 2.24) is 10.3 Å². The number of ether oxygens (including phenoxy) is 1. The maximum Gasteiger partial charge on any atom is 0.251 e. The van der Waals surface area contributed by atoms with Crippen LogP contribution in [-0.4, -0.2) is 30.1 Å². The van der Waals surface area contributed by atoms with Crippen LogP contribution in [0.4, 0.5) is 0 Å². The van der Waals surface area contributed by atoms with Crippen LogP contribution in [0.25, 0.3) is 0 Å². The van der Waals surface area contributed by atoms with Gasteiger partial charge in [0, 0.05) is 24.4 Å². The summed E-state index contributed by atoms with van der Waals surface area (Å²) in [5.74, 6) is -0.170. The number of halogens is 1. The molecule has 1 aromatic heterocycles. The zero-order chi connectivity index (χ0) is 12.0. The van der Waals surface area contributed by atoms with E-state index in [-0.39, 0.29) is 11.9 Å². The number of carbonyl (C=O) groups is 1. The Morgan fingerprint density at radius 3 is 3.06 bits per heavy atom. The molecule has 4 nitrogen and oxygen atoms in total. The van der Waals surface area contributed by atoms with E-state index in [1.165, 1.54) is 12.3 Å². The summed E-state index contributed by atoms with van der Waals surface area (Å²) in [5, 5.41) is 3.12. The molecular formula is C11H15ClN2O2. The van der Waals surface area contributed by atoms with Crippen molar-refractivity contribution in [1.29, 1.82) is 0 Å². The van der Waals surface area contributed by atoms with Crippen molar-refractivity contribution in [3.63, 3.8) is 0 Å². The number of amides is 1. The molecule has 1 atom stereocenters. The molecule has 1 heterocycles. The second-order valence-corrected chi connectivity index (χ2v) is 3.79. The van der Waals surface area contributed by atoms with Gasteiger partial charge in [-0.25, -0.2) is 4.98 Å². The Kier molecular flexibility index (Phi) is 5.22. The highest BCUT2D eigenvalue weighted by atomic mass is 35.5. The third-order valence-corrected chi connectivity index (χ3v) is 2.14. The fourth-order valence-electron chi connectivity index (χ4n) is 1.19. The van der Waals surface area contributed by atoms with E-state index in [1.807, 2.05) is 13.8 Å². The van der Waals surface area contributed by atoms with Crippen LogP contribution in [-0.2, 0) is 4.74 Å². The van der Waals surface area contributed by atoms with Gasteiger partial charge in [-0.3, -0.25) is 4.79 Å². The molecule has 88 valence electrons. The van der Waals surface area contributed by atoms with Crippen LogP contribution in [0.1, 0.15) is 24.2 Å². The minimum Gasteiger partial charge on any atom is -0.380 e. The second kappa shape index (κ2) is 6.45. The molecule has 16 heavy (non-hydrogen) atoms. The maximum absolute atomic E-state index is 11.7. The highest BCUT2D eigenvalue weighted by molar-refractivity contribution is 6.29. The number of rotatable bonds is 5. The molecule has 5 heteroatoms. The molecule has 0 fully saturated rings. The summed E-state index contributed by atoms with van der Waals surface area (Å²) in [7, 11) is 0. The number of carbonyl (C=O) groups excluding carboxylic acids is 1. The van der Waals surface area contributed by atoms with Crippen LogP contribution in [0.2, 0.25) is 5.15 Å². The fourth-order valence-corrected chi connectivity index (χ4v) is 1.36. The lowest BCUT2D eigenvalue weighted by Gasteiger charge is -2.13. The van der Waals surface area contributed by atoms with Crippen LogP contribution in [0, 0.1) is 0 Å². The topological polar surface area (TPSA) is 51.2 Å². The molecule has 0 aliphatic rings. The van der Waals surface area contributed by atoms with E-state index in [0.717, 1.165) is 0 Å². The van der Waals surface area contributed by atoms with E-state index in [0.29, 0.717) is 23.9 Å². The minimum atomic E-state index is -0.170. The van der Waals surface area contributed by atoms with Crippen LogP contribution < -0.4 is 5.32 Å². The first-order valence-corrected chi connectivity index (χ1v) is 5.51. The van der Waals surface area contributed by atoms with Gasteiger partial charge in [0.15, 0.2) is 0 Å². The Labute approximate surface area is 100.0 Å². The van der Waals surface area contributed by atoms with Crippen LogP contribution >= 0.6 is 11.6 Å². The zero-order valence-corrected chi connectivity index (χ0v) is 10.1. The summed E-state index contributed by atoms with van der Waals surface area (Å²) in [5.41, 5.74) is 0.503. The number of nitrogens with zero attached hydrogens (tertiary/aromatic N) is 1. The Morgan fingerprint density at radius 1 is 1.69 bits per heavy atom. The molecule has 0 saturated carbocycles. The number of aromatic nitrogens is 1. The molecule has 1 rings (SSSR count). The molecule has 0 bridgehead atoms. The molecule has 0 aromatic carbocycles. The highest BCUT2D eigenvalue weighted by Gasteiger charge is 2.09. The predicted molar refractivity (Wildman–Crippen MR) is 62.7 cm³/mol. The van der Waals surface area contributed by atoms with Gasteiger partial charge in [0.25, 0.3) is 5.91 Å². The summed E-state index contributed by atoms with van der Waals surface area (Å²) in [6.45, 7) is 4.94. The maximum atomic E-state index is 11.7. The third kappa shape index (κ3) is 4.16. The van der Waals surface area contributed by atoms with E-state index in [4.69, 9.17) is 16.3 Å². The van der Waals surface area contributed by atoms with Crippen LogP contribution in [0.15, 0.2) is 18.3 Å². The van der Waals surface area contributed by atoms with Gasteiger partial charge in [0.2, 0.25) is 0 Å². The second-order valence-electron chi connectivity index (χ2n) is 3.40. The first-order chi connectivity index (χ1) is 7.63. The molecule has 1 unspecified atom stereocenters. The van der Waals surface area contributed by atoms with Crippen molar-refractivity contribution in [3.8, 4) is 0 Å². The zero-order valence-electron chi connectivity index (χ0n) is 9.37. The Morgan fingerprint density at radius 2 is 2.44 bits per heavy atom. The van der Waals surface area contributed by atoms with Gasteiger partial charge in [0.1, 0.15) is 5.15 Å². The van der Waals surface area contributed by atoms with Crippen molar-refractivity contribution in [2.75, 3.05) is 13.2 Å². The van der Waals surface area contributed by atoms with Crippen molar-refractivity contribution < 1.29 is 9.53 Å². The molecular weight excluding hydrogens is 228 g/mol. The van der Waals surface area contributed by atoms with Crippen molar-refractivity contribution in [2.45, 2.75) is 19.9 Å². The normalized spacial score (nSPS) is 12.2. The predicted octanol–water partition coefficient (Wildman–Crippen LogP) is 1.89. The summed E-state index contributed by atoms with van der Waals surface area (Å²) in [6, 6.07) is 3.12. The standard InChI is InChI=1S/C11H15ClN2O2/c1-3-16-7-8(2)14-11(15)9-4-5-13-10(12)6-9/h4-6,8H,3,7H2,1-2H3,(H,14,15). The summed E-state index contributed by atoms with van der Waals surface area (Å²) < 4.78 is 5.20. The van der Waals surface area contributed by atoms with E-state index in [1.54, 1.807) is 6.07 Å². The fraction of sp³-hybridized carbons (Fsp3) is 0.455. The van der Waals surface area contributed by atoms with Crippen LogP contribution in [0.3, 0.4) is 0 Å². The van der Waals surface area contributed by atoms with Gasteiger partial charge in [-0.1, -0.05) is 11.6 Å². The lowest BCUT2D eigenvalue weighted by molar-refractivity contribution is 0.0872. The number of hydrogen-bond acceptors (Lipinski definition) is 3. The largest absolute Gasteiger partial charge is 0.380 e. The van der Waals surface area contributed by atoms with Gasteiger partial charge in [-0.15, -0.1) is 0 Å². The average molecular weight is 243 g/mol. The Balaban J connectivity index is 2.52. The quantitative estimate of drug-likeness (QED) is 0.803. The summed E-state index contributed by atoms with van der Waals surface area (Å²) >= 11 is 5.69. The molecule has 0 spiro atoms. The minimum absolute atomic E-state index is 0.0283. The molecule has 0 saturated heterocycles. The van der Waals surface area contributed by atoms with Gasteiger partial charge < -0.3 is 10.1 Å². The van der Waals surface area contributed by atoms with Crippen molar-refractivity contribution >= 4 is 17.5 Å². The molecule has 0 radical (unpaired) electrons. The first kappa shape index (κ1) is 12.9. The molecule has 0 aliphatic carbocycles. The Bertz CT molecular complexity index is 358. The van der Waals surface area contributed by atoms with E-state index >= 15 is 0 Å². The highest BCUT2D eigenvalue weighted by Crippen LogP contribution is 2.06. The molecule has 0 aliphatic heterocycles. The number of nitrogens with one attached hydrogen (secondary N) is 1. The van der Waals surface area contributed by atoms with Crippen LogP contribution in [0.5, 0.6) is 0 Å². The SMILES string of the molecule is CCOCC(C)NC(=O)c1ccnc(Cl)c1.